The van der Waals surface area contributed by atoms with E-state index in [0.29, 0.717) is 11.1 Å². The van der Waals surface area contributed by atoms with Crippen molar-refractivity contribution in [3.05, 3.63) is 34.9 Å². The summed E-state index contributed by atoms with van der Waals surface area (Å²) in [5.41, 5.74) is -0.865. The van der Waals surface area contributed by atoms with Crippen LogP contribution in [0.3, 0.4) is 0 Å². The van der Waals surface area contributed by atoms with Crippen molar-refractivity contribution in [1.29, 1.82) is 0 Å². The van der Waals surface area contributed by atoms with Crippen molar-refractivity contribution in [3.8, 4) is 0 Å². The molecule has 0 fully saturated rings. The highest BCUT2D eigenvalue weighted by atomic mass is 16.4. The lowest BCUT2D eigenvalue weighted by Gasteiger charge is -2.43. The minimum Gasteiger partial charge on any atom is -0.481 e. The third-order valence-electron chi connectivity index (χ3n) is 4.67. The molecule has 0 unspecified atom stereocenters. The number of carboxylic acid groups (broad SMARTS) is 1. The molecule has 21 heavy (non-hydrogen) atoms. The van der Waals surface area contributed by atoms with Gasteiger partial charge in [0.1, 0.15) is 0 Å². The third kappa shape index (κ3) is 1.95. The Hall–Kier alpha value is -2.17. The fraction of sp³-hybridized carbons (Fsp3) is 0.438. The van der Waals surface area contributed by atoms with Crippen LogP contribution in [0.1, 0.15) is 54.0 Å². The molecule has 0 bridgehead atoms. The number of amides is 2. The van der Waals surface area contributed by atoms with Crippen LogP contribution in [0.4, 0.5) is 0 Å². The smallest absolute Gasteiger partial charge is 0.311 e. The molecular formula is C16H19NO4. The number of imide groups is 1. The topological polar surface area (TPSA) is 74.7 Å². The number of benzene rings is 1. The number of carbonyl (C=O) groups is 3. The molecule has 1 N–H and O–H groups in total. The quantitative estimate of drug-likeness (QED) is 0.867. The minimum atomic E-state index is -1.27. The first kappa shape index (κ1) is 15.2. The van der Waals surface area contributed by atoms with Gasteiger partial charge in [0.15, 0.2) is 0 Å². The number of fused-ring (bicyclic) bond motifs is 1. The molecule has 0 atom stereocenters. The lowest BCUT2D eigenvalue weighted by molar-refractivity contribution is -0.153. The van der Waals surface area contributed by atoms with E-state index in [0.717, 1.165) is 10.5 Å². The molecule has 0 aromatic heterocycles. The Labute approximate surface area is 123 Å². The normalized spacial score (nSPS) is 15.4. The highest BCUT2D eigenvalue weighted by Crippen LogP contribution is 2.40. The van der Waals surface area contributed by atoms with Crippen molar-refractivity contribution in [3.63, 3.8) is 0 Å². The van der Waals surface area contributed by atoms with Gasteiger partial charge in [0.25, 0.3) is 11.8 Å². The summed E-state index contributed by atoms with van der Waals surface area (Å²) in [5, 5.41) is 9.42. The van der Waals surface area contributed by atoms with Gasteiger partial charge in [0.05, 0.1) is 22.1 Å². The van der Waals surface area contributed by atoms with E-state index < -0.39 is 28.7 Å². The summed E-state index contributed by atoms with van der Waals surface area (Å²) >= 11 is 0. The fourth-order valence-electron chi connectivity index (χ4n) is 2.40. The zero-order valence-corrected chi connectivity index (χ0v) is 12.9. The van der Waals surface area contributed by atoms with Crippen LogP contribution in [-0.4, -0.2) is 33.3 Å². The summed E-state index contributed by atoms with van der Waals surface area (Å²) in [6, 6.07) is 5.05. The lowest BCUT2D eigenvalue weighted by atomic mass is 9.73. The second-order valence-corrected chi connectivity index (χ2v) is 6.48. The second kappa shape index (κ2) is 4.41. The predicted octanol–water partition coefficient (Wildman–Crippen LogP) is 2.48. The van der Waals surface area contributed by atoms with Gasteiger partial charge in [-0.05, 0) is 46.8 Å². The largest absolute Gasteiger partial charge is 0.481 e. The molecule has 1 aromatic carbocycles. The Morgan fingerprint density at radius 3 is 2.10 bits per heavy atom. The molecule has 112 valence electrons. The van der Waals surface area contributed by atoms with Crippen molar-refractivity contribution in [2.24, 2.45) is 5.41 Å². The molecule has 2 amide bonds. The van der Waals surface area contributed by atoms with Gasteiger partial charge >= 0.3 is 5.97 Å². The minimum absolute atomic E-state index is 0.333. The molecule has 0 spiro atoms. The maximum absolute atomic E-state index is 12.6. The van der Waals surface area contributed by atoms with E-state index in [1.807, 2.05) is 6.92 Å². The van der Waals surface area contributed by atoms with Crippen molar-refractivity contribution < 1.29 is 19.5 Å². The first-order valence-electron chi connectivity index (χ1n) is 6.74. The SMILES string of the molecule is Cc1ccc2c(c1)C(=O)N(C(C)(C)C(C)(C)C(=O)O)C2=O. The van der Waals surface area contributed by atoms with Gasteiger partial charge < -0.3 is 5.11 Å². The molecule has 1 aliphatic rings. The van der Waals surface area contributed by atoms with E-state index >= 15 is 0 Å². The summed E-state index contributed by atoms with van der Waals surface area (Å²) in [4.78, 5) is 37.7. The molecule has 2 rings (SSSR count). The van der Waals surface area contributed by atoms with Crippen molar-refractivity contribution in [1.82, 2.24) is 4.90 Å². The summed E-state index contributed by atoms with van der Waals surface area (Å²) in [6.07, 6.45) is 0. The Morgan fingerprint density at radius 2 is 1.57 bits per heavy atom. The summed E-state index contributed by atoms with van der Waals surface area (Å²) < 4.78 is 0. The zero-order chi connectivity index (χ0) is 16.2. The number of hydrogen-bond donors (Lipinski definition) is 1. The van der Waals surface area contributed by atoms with Crippen LogP contribution in [0.25, 0.3) is 0 Å². The van der Waals surface area contributed by atoms with Gasteiger partial charge in [0.2, 0.25) is 0 Å². The molecule has 5 nitrogen and oxygen atoms in total. The van der Waals surface area contributed by atoms with Crippen LogP contribution in [-0.2, 0) is 4.79 Å². The monoisotopic (exact) mass is 289 g/mol. The van der Waals surface area contributed by atoms with Crippen LogP contribution < -0.4 is 0 Å². The number of rotatable bonds is 3. The molecule has 0 saturated heterocycles. The lowest BCUT2D eigenvalue weighted by Crippen LogP contribution is -2.59. The first-order chi connectivity index (χ1) is 9.51. The Bertz CT molecular complexity index is 658. The van der Waals surface area contributed by atoms with Crippen molar-refractivity contribution in [2.75, 3.05) is 0 Å². The average Bonchev–Trinajstić information content (AvgIpc) is 2.61. The van der Waals surface area contributed by atoms with E-state index in [-0.39, 0.29) is 0 Å². The van der Waals surface area contributed by atoms with Gasteiger partial charge in [-0.2, -0.15) is 0 Å². The number of aliphatic carboxylic acids is 1. The van der Waals surface area contributed by atoms with Gasteiger partial charge in [-0.15, -0.1) is 0 Å². The highest BCUT2D eigenvalue weighted by Gasteiger charge is 2.54. The number of carbonyl (C=O) groups excluding carboxylic acids is 2. The molecule has 0 saturated carbocycles. The van der Waals surface area contributed by atoms with E-state index in [9.17, 15) is 19.5 Å². The van der Waals surface area contributed by atoms with Gasteiger partial charge in [0, 0.05) is 0 Å². The van der Waals surface area contributed by atoms with Crippen LogP contribution in [0, 0.1) is 12.3 Å². The number of carboxylic acids is 1. The van der Waals surface area contributed by atoms with E-state index in [4.69, 9.17) is 0 Å². The maximum atomic E-state index is 12.6. The number of hydrogen-bond acceptors (Lipinski definition) is 3. The van der Waals surface area contributed by atoms with Crippen molar-refractivity contribution >= 4 is 17.8 Å². The Kier molecular flexibility index (Phi) is 3.20. The average molecular weight is 289 g/mol. The Balaban J connectivity index is 2.56. The molecule has 0 aliphatic carbocycles. The fourth-order valence-corrected chi connectivity index (χ4v) is 2.40. The van der Waals surface area contributed by atoms with Crippen LogP contribution in [0.15, 0.2) is 18.2 Å². The summed E-state index contributed by atoms with van der Waals surface area (Å²) in [6.45, 7) is 8.09. The van der Waals surface area contributed by atoms with E-state index in [2.05, 4.69) is 0 Å². The molecular weight excluding hydrogens is 270 g/mol. The third-order valence-corrected chi connectivity index (χ3v) is 4.67. The molecule has 1 aliphatic heterocycles. The zero-order valence-electron chi connectivity index (χ0n) is 12.9. The van der Waals surface area contributed by atoms with E-state index in [1.54, 1.807) is 32.0 Å². The summed E-state index contributed by atoms with van der Waals surface area (Å²) in [7, 11) is 0. The van der Waals surface area contributed by atoms with Crippen LogP contribution in [0.5, 0.6) is 0 Å². The first-order valence-corrected chi connectivity index (χ1v) is 6.74. The maximum Gasteiger partial charge on any atom is 0.311 e. The molecule has 1 aromatic rings. The molecule has 0 radical (unpaired) electrons. The molecule has 1 heterocycles. The highest BCUT2D eigenvalue weighted by molar-refractivity contribution is 6.22. The number of nitrogens with zero attached hydrogens (tertiary/aromatic N) is 1. The molecule has 5 heteroatoms. The van der Waals surface area contributed by atoms with Gasteiger partial charge in [-0.3, -0.25) is 19.3 Å². The van der Waals surface area contributed by atoms with Gasteiger partial charge in [-0.1, -0.05) is 11.6 Å². The van der Waals surface area contributed by atoms with Crippen LogP contribution in [0.2, 0.25) is 0 Å². The second-order valence-electron chi connectivity index (χ2n) is 6.48. The summed E-state index contributed by atoms with van der Waals surface area (Å²) in [5.74, 6) is -1.92. The Morgan fingerprint density at radius 1 is 1.05 bits per heavy atom. The van der Waals surface area contributed by atoms with Crippen LogP contribution >= 0.6 is 0 Å². The number of aryl methyl sites for hydroxylation is 1. The van der Waals surface area contributed by atoms with E-state index in [1.165, 1.54) is 13.8 Å². The van der Waals surface area contributed by atoms with Gasteiger partial charge in [-0.25, -0.2) is 0 Å². The van der Waals surface area contributed by atoms with Crippen molar-refractivity contribution in [2.45, 2.75) is 40.2 Å². The predicted molar refractivity (Wildman–Crippen MR) is 77.2 cm³/mol. The standard InChI is InChI=1S/C16H19NO4/c1-9-6-7-10-11(8-9)13(19)17(12(10)18)16(4,5)15(2,3)14(20)21/h6-8H,1-5H3,(H,20,21).